The maximum atomic E-state index is 13.6. The van der Waals surface area contributed by atoms with Crippen LogP contribution in [0.1, 0.15) is 10.4 Å². The number of para-hydroxylation sites is 1. The number of ether oxygens (including phenoxy) is 1. The Hall–Kier alpha value is -3.35. The lowest BCUT2D eigenvalue weighted by Crippen LogP contribution is -2.16. The molecule has 126 valence electrons. The number of amides is 1. The van der Waals surface area contributed by atoms with Crippen LogP contribution in [-0.4, -0.2) is 10.9 Å². The van der Waals surface area contributed by atoms with Crippen LogP contribution in [0.4, 0.5) is 18.9 Å². The predicted octanol–water partition coefficient (Wildman–Crippen LogP) is 4.54. The Labute approximate surface area is 140 Å². The quantitative estimate of drug-likeness (QED) is 0.707. The fourth-order valence-corrected chi connectivity index (χ4v) is 2.06. The zero-order valence-corrected chi connectivity index (χ0v) is 12.7. The summed E-state index contributed by atoms with van der Waals surface area (Å²) in [6.07, 6.45) is 0. The van der Waals surface area contributed by atoms with Crippen LogP contribution in [-0.2, 0) is 0 Å². The largest absolute Gasteiger partial charge is 0.457 e. The summed E-state index contributed by atoms with van der Waals surface area (Å²) in [7, 11) is 0. The van der Waals surface area contributed by atoms with E-state index in [1.165, 1.54) is 12.1 Å². The van der Waals surface area contributed by atoms with Crippen molar-refractivity contribution < 1.29 is 22.7 Å². The molecule has 0 aliphatic heterocycles. The number of pyridine rings is 1. The van der Waals surface area contributed by atoms with Crippen LogP contribution < -0.4 is 10.1 Å². The minimum absolute atomic E-state index is 0.308. The van der Waals surface area contributed by atoms with Gasteiger partial charge in [-0.05, 0) is 36.4 Å². The van der Waals surface area contributed by atoms with E-state index in [0.29, 0.717) is 23.3 Å². The number of halogens is 3. The third kappa shape index (κ3) is 3.95. The topological polar surface area (TPSA) is 51.2 Å². The first-order chi connectivity index (χ1) is 12.0. The molecular formula is C18H11F3N2O2. The zero-order valence-electron chi connectivity index (χ0n) is 12.7. The molecule has 0 aliphatic rings. The maximum Gasteiger partial charge on any atom is 0.258 e. The van der Waals surface area contributed by atoms with E-state index >= 15 is 0 Å². The number of hydrogen-bond acceptors (Lipinski definition) is 3. The van der Waals surface area contributed by atoms with E-state index in [4.69, 9.17) is 4.74 Å². The van der Waals surface area contributed by atoms with E-state index < -0.39 is 29.2 Å². The first-order valence-electron chi connectivity index (χ1n) is 7.19. The highest BCUT2D eigenvalue weighted by atomic mass is 19.2. The zero-order chi connectivity index (χ0) is 17.8. The van der Waals surface area contributed by atoms with Gasteiger partial charge in [-0.25, -0.2) is 4.39 Å². The molecule has 1 N–H and O–H groups in total. The predicted molar refractivity (Wildman–Crippen MR) is 85.0 cm³/mol. The molecule has 2 aromatic carbocycles. The Bertz CT molecular complexity index is 900. The molecule has 0 radical (unpaired) electrons. The Kier molecular flexibility index (Phi) is 4.65. The number of carbonyl (C=O) groups is 1. The van der Waals surface area contributed by atoms with Crippen molar-refractivity contribution in [2.24, 2.45) is 0 Å². The Balaban J connectivity index is 1.72. The highest BCUT2D eigenvalue weighted by molar-refractivity contribution is 6.04. The van der Waals surface area contributed by atoms with Crippen molar-refractivity contribution in [3.05, 3.63) is 83.9 Å². The standard InChI is InChI=1S/C18H11F3N2O2/c19-15-10-14(16(20)17(21)23-15)18(24)22-11-6-8-13(9-7-11)25-12-4-2-1-3-5-12/h1-10H,(H,22,24). The van der Waals surface area contributed by atoms with Crippen molar-refractivity contribution in [3.8, 4) is 11.5 Å². The average Bonchev–Trinajstić information content (AvgIpc) is 2.60. The highest BCUT2D eigenvalue weighted by Gasteiger charge is 2.19. The molecule has 1 amide bonds. The van der Waals surface area contributed by atoms with Gasteiger partial charge in [0.15, 0.2) is 5.82 Å². The number of nitrogens with one attached hydrogen (secondary N) is 1. The summed E-state index contributed by atoms with van der Waals surface area (Å²) in [6.45, 7) is 0. The summed E-state index contributed by atoms with van der Waals surface area (Å²) in [5, 5.41) is 2.35. The Morgan fingerprint density at radius 2 is 1.56 bits per heavy atom. The van der Waals surface area contributed by atoms with Crippen molar-refractivity contribution in [3.63, 3.8) is 0 Å². The first-order valence-corrected chi connectivity index (χ1v) is 7.19. The summed E-state index contributed by atoms with van der Waals surface area (Å²) >= 11 is 0. The van der Waals surface area contributed by atoms with Crippen molar-refractivity contribution in [1.82, 2.24) is 4.98 Å². The van der Waals surface area contributed by atoms with Crippen LogP contribution in [0.2, 0.25) is 0 Å². The van der Waals surface area contributed by atoms with Crippen molar-refractivity contribution in [1.29, 1.82) is 0 Å². The fraction of sp³-hybridized carbons (Fsp3) is 0. The van der Waals surface area contributed by atoms with Gasteiger partial charge in [-0.1, -0.05) is 18.2 Å². The molecule has 0 saturated carbocycles. The molecule has 7 heteroatoms. The normalized spacial score (nSPS) is 10.4. The van der Waals surface area contributed by atoms with Crippen LogP contribution in [0, 0.1) is 17.7 Å². The average molecular weight is 344 g/mol. The van der Waals surface area contributed by atoms with Gasteiger partial charge in [-0.3, -0.25) is 4.79 Å². The van der Waals surface area contributed by atoms with Crippen LogP contribution in [0.25, 0.3) is 0 Å². The van der Waals surface area contributed by atoms with E-state index in [0.717, 1.165) is 0 Å². The van der Waals surface area contributed by atoms with Gasteiger partial charge in [0, 0.05) is 11.8 Å². The van der Waals surface area contributed by atoms with E-state index in [1.54, 1.807) is 24.3 Å². The smallest absolute Gasteiger partial charge is 0.258 e. The van der Waals surface area contributed by atoms with Gasteiger partial charge in [0.05, 0.1) is 5.56 Å². The molecule has 1 aromatic heterocycles. The van der Waals surface area contributed by atoms with Gasteiger partial charge in [-0.2, -0.15) is 13.8 Å². The molecule has 3 aromatic rings. The van der Waals surface area contributed by atoms with E-state index in [2.05, 4.69) is 10.3 Å². The van der Waals surface area contributed by atoms with Gasteiger partial charge >= 0.3 is 0 Å². The lowest BCUT2D eigenvalue weighted by atomic mass is 10.2. The second-order valence-electron chi connectivity index (χ2n) is 4.99. The van der Waals surface area contributed by atoms with E-state index in [-0.39, 0.29) is 0 Å². The molecule has 3 rings (SSSR count). The third-order valence-electron chi connectivity index (χ3n) is 3.22. The minimum Gasteiger partial charge on any atom is -0.457 e. The molecule has 0 fully saturated rings. The van der Waals surface area contributed by atoms with Gasteiger partial charge in [-0.15, -0.1) is 0 Å². The van der Waals surface area contributed by atoms with Gasteiger partial charge < -0.3 is 10.1 Å². The maximum absolute atomic E-state index is 13.6. The van der Waals surface area contributed by atoms with Crippen LogP contribution >= 0.6 is 0 Å². The number of benzene rings is 2. The molecule has 0 atom stereocenters. The monoisotopic (exact) mass is 344 g/mol. The van der Waals surface area contributed by atoms with Crippen LogP contribution in [0.5, 0.6) is 11.5 Å². The highest BCUT2D eigenvalue weighted by Crippen LogP contribution is 2.23. The summed E-state index contributed by atoms with van der Waals surface area (Å²) in [4.78, 5) is 14.6. The van der Waals surface area contributed by atoms with Crippen molar-refractivity contribution in [2.75, 3.05) is 5.32 Å². The summed E-state index contributed by atoms with van der Waals surface area (Å²) in [5.74, 6) is -4.29. The number of anilines is 1. The SMILES string of the molecule is O=C(Nc1ccc(Oc2ccccc2)cc1)c1cc(F)nc(F)c1F. The van der Waals surface area contributed by atoms with Crippen LogP contribution in [0.3, 0.4) is 0 Å². The summed E-state index contributed by atoms with van der Waals surface area (Å²) in [5.41, 5.74) is -0.461. The number of carbonyl (C=O) groups excluding carboxylic acids is 1. The Morgan fingerprint density at radius 3 is 2.24 bits per heavy atom. The van der Waals surface area contributed by atoms with E-state index in [9.17, 15) is 18.0 Å². The number of rotatable bonds is 4. The molecule has 25 heavy (non-hydrogen) atoms. The second kappa shape index (κ2) is 7.04. The summed E-state index contributed by atoms with van der Waals surface area (Å²) < 4.78 is 45.3. The fourth-order valence-electron chi connectivity index (χ4n) is 2.06. The molecule has 4 nitrogen and oxygen atoms in total. The Morgan fingerprint density at radius 1 is 0.920 bits per heavy atom. The molecule has 0 unspecified atom stereocenters. The third-order valence-corrected chi connectivity index (χ3v) is 3.22. The number of hydrogen-bond donors (Lipinski definition) is 1. The lowest BCUT2D eigenvalue weighted by Gasteiger charge is -2.08. The van der Waals surface area contributed by atoms with Crippen molar-refractivity contribution >= 4 is 11.6 Å². The van der Waals surface area contributed by atoms with Gasteiger partial charge in [0.1, 0.15) is 11.5 Å². The van der Waals surface area contributed by atoms with Gasteiger partial charge in [0.2, 0.25) is 5.95 Å². The lowest BCUT2D eigenvalue weighted by molar-refractivity contribution is 0.102. The van der Waals surface area contributed by atoms with Crippen LogP contribution in [0.15, 0.2) is 60.7 Å². The summed E-state index contributed by atoms with van der Waals surface area (Å²) in [6, 6.07) is 15.8. The molecule has 1 heterocycles. The molecular weight excluding hydrogens is 333 g/mol. The first kappa shape index (κ1) is 16.5. The van der Waals surface area contributed by atoms with Gasteiger partial charge in [0.25, 0.3) is 11.9 Å². The minimum atomic E-state index is -1.67. The molecule has 0 aliphatic carbocycles. The molecule has 0 spiro atoms. The molecule has 0 bridgehead atoms. The van der Waals surface area contributed by atoms with E-state index in [1.807, 2.05) is 18.2 Å². The number of aromatic nitrogens is 1. The molecule has 0 saturated heterocycles. The number of nitrogens with zero attached hydrogens (tertiary/aromatic N) is 1. The van der Waals surface area contributed by atoms with Crippen molar-refractivity contribution in [2.45, 2.75) is 0 Å². The second-order valence-corrected chi connectivity index (χ2v) is 4.99.